The molecule has 0 saturated heterocycles. The number of carbonyl (C=O) groups is 2. The molecule has 0 spiro atoms. The first-order valence-corrected chi connectivity index (χ1v) is 18.5. The van der Waals surface area contributed by atoms with Gasteiger partial charge in [-0.25, -0.2) is 9.10 Å². The van der Waals surface area contributed by atoms with Crippen LogP contribution in [-0.4, -0.2) is 29.8 Å². The van der Waals surface area contributed by atoms with E-state index in [1.807, 2.05) is 96.3 Å². The van der Waals surface area contributed by atoms with Crippen LogP contribution < -0.4 is 9.64 Å². The Morgan fingerprint density at radius 3 is 1.90 bits per heavy atom. The molecule has 0 atom stereocenters. The summed E-state index contributed by atoms with van der Waals surface area (Å²) in [5.74, 6) is -0.271. The fourth-order valence-electron chi connectivity index (χ4n) is 5.54. The van der Waals surface area contributed by atoms with Crippen molar-refractivity contribution < 1.29 is 19.1 Å². The molecule has 1 amide bonds. The van der Waals surface area contributed by atoms with E-state index in [4.69, 9.17) is 9.47 Å². The first-order valence-electron chi connectivity index (χ1n) is 16.9. The predicted molar refractivity (Wildman–Crippen MR) is 213 cm³/mol. The van der Waals surface area contributed by atoms with E-state index in [1.165, 1.54) is 17.5 Å². The summed E-state index contributed by atoms with van der Waals surface area (Å²) in [7, 11) is 1.91. The normalized spacial score (nSPS) is 10.9. The predicted octanol–water partition coefficient (Wildman–Crippen LogP) is 10.5. The Balaban J connectivity index is 1.29. The lowest BCUT2D eigenvalue weighted by Gasteiger charge is -2.26. The van der Waals surface area contributed by atoms with Crippen molar-refractivity contribution in [2.45, 2.75) is 31.6 Å². The molecular weight excluding hydrogens is 732 g/mol. The molecule has 6 aromatic carbocycles. The number of benzene rings is 6. The van der Waals surface area contributed by atoms with Gasteiger partial charge in [-0.1, -0.05) is 131 Å². The quantitative estimate of drug-likeness (QED) is 0.0812. The van der Waals surface area contributed by atoms with E-state index in [0.717, 1.165) is 37.2 Å². The van der Waals surface area contributed by atoms with E-state index in [0.29, 0.717) is 18.0 Å². The van der Waals surface area contributed by atoms with Crippen LogP contribution in [0.5, 0.6) is 5.75 Å². The summed E-state index contributed by atoms with van der Waals surface area (Å²) in [6.07, 6.45) is 0. The second-order valence-electron chi connectivity index (χ2n) is 12.4. The molecule has 0 aliphatic carbocycles. The zero-order valence-electron chi connectivity index (χ0n) is 29.1. The average Bonchev–Trinajstić information content (AvgIpc) is 3.17. The maximum atomic E-state index is 14.2. The second kappa shape index (κ2) is 17.9. The van der Waals surface area contributed by atoms with Crippen molar-refractivity contribution in [1.29, 1.82) is 0 Å². The van der Waals surface area contributed by atoms with E-state index < -0.39 is 5.97 Å². The van der Waals surface area contributed by atoms with Gasteiger partial charge >= 0.3 is 5.97 Å². The van der Waals surface area contributed by atoms with Crippen LogP contribution >= 0.6 is 27.9 Å². The van der Waals surface area contributed by atoms with Crippen LogP contribution in [0.25, 0.3) is 11.1 Å². The Morgan fingerprint density at radius 2 is 1.27 bits per heavy atom. The van der Waals surface area contributed by atoms with E-state index in [2.05, 4.69) is 71.4 Å². The highest BCUT2D eigenvalue weighted by Gasteiger charge is 2.23. The Bertz CT molecular complexity index is 2080. The lowest BCUT2D eigenvalue weighted by molar-refractivity contribution is -0.118. The minimum absolute atomic E-state index is 0.104. The van der Waals surface area contributed by atoms with Crippen molar-refractivity contribution in [2.75, 3.05) is 18.5 Å². The number of halogens is 1. The molecule has 0 aliphatic rings. The highest BCUT2D eigenvalue weighted by Crippen LogP contribution is 2.31. The number of likely N-dealkylation sites (N-methyl/N-ethyl adjacent to an activating group) is 1. The summed E-state index contributed by atoms with van der Waals surface area (Å²) in [4.78, 5) is 30.5. The molecule has 0 radical (unpaired) electrons. The fourth-order valence-corrected chi connectivity index (χ4v) is 6.60. The van der Waals surface area contributed by atoms with Gasteiger partial charge in [-0.05, 0) is 90.1 Å². The molecule has 262 valence electrons. The van der Waals surface area contributed by atoms with Gasteiger partial charge in [-0.3, -0.25) is 4.79 Å². The van der Waals surface area contributed by atoms with E-state index >= 15 is 0 Å². The van der Waals surface area contributed by atoms with Crippen molar-refractivity contribution >= 4 is 45.4 Å². The summed E-state index contributed by atoms with van der Waals surface area (Å²) in [5.41, 5.74) is 7.05. The van der Waals surface area contributed by atoms with Crippen LogP contribution in [0, 0.1) is 6.92 Å². The van der Waals surface area contributed by atoms with Crippen LogP contribution in [0.2, 0.25) is 0 Å². The van der Waals surface area contributed by atoms with Crippen molar-refractivity contribution in [1.82, 2.24) is 4.31 Å². The first kappa shape index (κ1) is 36.6. The van der Waals surface area contributed by atoms with Gasteiger partial charge < -0.3 is 14.4 Å². The lowest BCUT2D eigenvalue weighted by Crippen LogP contribution is -2.37. The SMILES string of the molecule is Cc1ccc(SN(C)CC(=O)N(Cc2ccc(-c3ccc(Br)cc3)cc2)c2ccc(C(=O)OCc3ccccc3)c(OCc3ccccc3)c2)cc1. The zero-order valence-corrected chi connectivity index (χ0v) is 31.5. The number of rotatable bonds is 14. The highest BCUT2D eigenvalue weighted by molar-refractivity contribution is 9.10. The van der Waals surface area contributed by atoms with Crippen LogP contribution in [-0.2, 0) is 29.3 Å². The number of hydrogen-bond donors (Lipinski definition) is 0. The molecule has 6 rings (SSSR count). The molecule has 0 saturated carbocycles. The molecular formula is C44H39BrN2O4S. The third-order valence-corrected chi connectivity index (χ3v) is 9.81. The van der Waals surface area contributed by atoms with Gasteiger partial charge in [0.1, 0.15) is 24.5 Å². The average molecular weight is 772 g/mol. The van der Waals surface area contributed by atoms with Gasteiger partial charge in [0.25, 0.3) is 0 Å². The molecule has 8 heteroatoms. The van der Waals surface area contributed by atoms with Crippen molar-refractivity contribution in [2.24, 2.45) is 0 Å². The van der Waals surface area contributed by atoms with Gasteiger partial charge in [0.15, 0.2) is 0 Å². The van der Waals surface area contributed by atoms with Gasteiger partial charge in [-0.15, -0.1) is 0 Å². The van der Waals surface area contributed by atoms with Gasteiger partial charge in [0, 0.05) is 21.1 Å². The molecule has 6 aromatic rings. The molecule has 0 aliphatic heterocycles. The van der Waals surface area contributed by atoms with Crippen LogP contribution in [0.15, 0.2) is 161 Å². The molecule has 0 fully saturated rings. The number of nitrogens with zero attached hydrogens (tertiary/aromatic N) is 2. The standard InChI is InChI=1S/C44H39BrN2O4S/c1-32-13-24-40(25-14-32)52-46(2)29-43(48)47(28-33-15-17-36(18-16-33)37-19-21-38(45)22-20-37)39-23-26-41(44(49)51-31-35-11-7-4-8-12-35)42(27-39)50-30-34-9-5-3-6-10-34/h3-27H,28-31H2,1-2H3. The first-order chi connectivity index (χ1) is 25.3. The van der Waals surface area contributed by atoms with Gasteiger partial charge in [0.05, 0.1) is 13.1 Å². The number of carbonyl (C=O) groups excluding carboxylic acids is 2. The summed E-state index contributed by atoms with van der Waals surface area (Å²) >= 11 is 5.03. The topological polar surface area (TPSA) is 59.1 Å². The van der Waals surface area contributed by atoms with Gasteiger partial charge in [0.2, 0.25) is 5.91 Å². The Morgan fingerprint density at radius 1 is 0.673 bits per heavy atom. The molecule has 0 unspecified atom stereocenters. The Hall–Kier alpha value is -5.15. The number of hydrogen-bond acceptors (Lipinski definition) is 6. The maximum absolute atomic E-state index is 14.2. The van der Waals surface area contributed by atoms with Crippen LogP contribution in [0.1, 0.15) is 32.6 Å². The van der Waals surface area contributed by atoms with Crippen molar-refractivity contribution in [3.63, 3.8) is 0 Å². The molecule has 0 heterocycles. The summed E-state index contributed by atoms with van der Waals surface area (Å²) in [6.45, 7) is 2.89. The third-order valence-electron chi connectivity index (χ3n) is 8.36. The second-order valence-corrected chi connectivity index (χ2v) is 14.6. The summed E-state index contributed by atoms with van der Waals surface area (Å²) in [6, 6.07) is 49.2. The van der Waals surface area contributed by atoms with Crippen molar-refractivity contribution in [3.8, 4) is 16.9 Å². The molecule has 0 N–H and O–H groups in total. The maximum Gasteiger partial charge on any atom is 0.342 e. The minimum atomic E-state index is -0.505. The zero-order chi connectivity index (χ0) is 36.3. The smallest absolute Gasteiger partial charge is 0.342 e. The van der Waals surface area contributed by atoms with E-state index in [9.17, 15) is 9.59 Å². The number of esters is 1. The molecule has 0 aromatic heterocycles. The Labute approximate surface area is 318 Å². The summed E-state index contributed by atoms with van der Waals surface area (Å²) in [5, 5.41) is 0. The molecule has 0 bridgehead atoms. The third kappa shape index (κ3) is 10.2. The molecule has 6 nitrogen and oxygen atoms in total. The lowest BCUT2D eigenvalue weighted by atomic mass is 10.0. The highest BCUT2D eigenvalue weighted by atomic mass is 79.9. The largest absolute Gasteiger partial charge is 0.488 e. The summed E-state index contributed by atoms with van der Waals surface area (Å²) < 4.78 is 15.0. The van der Waals surface area contributed by atoms with Crippen LogP contribution in [0.4, 0.5) is 5.69 Å². The number of anilines is 1. The number of ether oxygens (including phenoxy) is 2. The van der Waals surface area contributed by atoms with E-state index in [1.54, 1.807) is 23.1 Å². The van der Waals surface area contributed by atoms with Crippen molar-refractivity contribution in [3.05, 3.63) is 184 Å². The Kier molecular flexibility index (Phi) is 12.6. The van der Waals surface area contributed by atoms with Crippen LogP contribution in [0.3, 0.4) is 0 Å². The fraction of sp³-hybridized carbons (Fsp3) is 0.136. The minimum Gasteiger partial charge on any atom is -0.488 e. The number of amides is 1. The van der Waals surface area contributed by atoms with E-state index in [-0.39, 0.29) is 31.2 Å². The monoisotopic (exact) mass is 770 g/mol. The van der Waals surface area contributed by atoms with Gasteiger partial charge in [-0.2, -0.15) is 0 Å². The molecule has 52 heavy (non-hydrogen) atoms. The number of aryl methyl sites for hydroxylation is 1.